The molecule has 0 spiro atoms. The summed E-state index contributed by atoms with van der Waals surface area (Å²) < 4.78 is 8.72. The zero-order valence-corrected chi connectivity index (χ0v) is 12.7. The normalized spacial score (nSPS) is 10.0. The maximum absolute atomic E-state index is 12.0. The Morgan fingerprint density at radius 2 is 2.00 bits per heavy atom. The van der Waals surface area contributed by atoms with Gasteiger partial charge < -0.3 is 4.74 Å². The van der Waals surface area contributed by atoms with E-state index < -0.39 is 11.8 Å². The summed E-state index contributed by atoms with van der Waals surface area (Å²) in [6.07, 6.45) is 0. The second-order valence-electron chi connectivity index (χ2n) is 3.94. The second-order valence-corrected chi connectivity index (χ2v) is 5.13. The number of amides is 2. The lowest BCUT2D eigenvalue weighted by atomic mass is 10.2. The van der Waals surface area contributed by atoms with E-state index in [9.17, 15) is 9.59 Å². The summed E-state index contributed by atoms with van der Waals surface area (Å²) in [5.74, 6) is -0.684. The number of ether oxygens (including phenoxy) is 1. The number of carbonyl (C=O) groups is 2. The number of hydrogen-bond acceptors (Lipinski definition) is 6. The molecule has 2 N–H and O–H groups in total. The van der Waals surface area contributed by atoms with E-state index in [0.717, 1.165) is 11.5 Å². The fraction of sp³-hybridized carbons (Fsp3) is 0.167. The highest BCUT2D eigenvalue weighted by atomic mass is 35.5. The van der Waals surface area contributed by atoms with E-state index in [1.165, 1.54) is 13.2 Å². The van der Waals surface area contributed by atoms with Crippen LogP contribution in [0.15, 0.2) is 18.2 Å². The van der Waals surface area contributed by atoms with Crippen LogP contribution in [0.25, 0.3) is 0 Å². The zero-order chi connectivity index (χ0) is 15.4. The third-order valence-corrected chi connectivity index (χ3v) is 3.62. The van der Waals surface area contributed by atoms with Crippen LogP contribution in [0, 0.1) is 6.92 Å². The van der Waals surface area contributed by atoms with E-state index in [-0.39, 0.29) is 5.56 Å². The number of rotatable bonds is 3. The van der Waals surface area contributed by atoms with Crippen molar-refractivity contribution in [2.75, 3.05) is 7.11 Å². The summed E-state index contributed by atoms with van der Waals surface area (Å²) >= 11 is 6.79. The van der Waals surface area contributed by atoms with Crippen LogP contribution in [0.3, 0.4) is 0 Å². The first-order chi connectivity index (χ1) is 10.0. The molecule has 0 bridgehead atoms. The van der Waals surface area contributed by atoms with Crippen LogP contribution < -0.4 is 15.6 Å². The van der Waals surface area contributed by atoms with Gasteiger partial charge in [0.15, 0.2) is 0 Å². The molecule has 0 saturated heterocycles. The lowest BCUT2D eigenvalue weighted by molar-refractivity contribution is 0.0846. The van der Waals surface area contributed by atoms with Gasteiger partial charge in [-0.3, -0.25) is 20.4 Å². The number of methoxy groups -OCH3 is 1. The SMILES string of the molecule is COc1ccc(Cl)cc1C(=O)NNC(=O)c1snnc1C. The van der Waals surface area contributed by atoms with Crippen molar-refractivity contribution in [2.24, 2.45) is 0 Å². The van der Waals surface area contributed by atoms with Crippen molar-refractivity contribution >= 4 is 34.9 Å². The number of nitrogens with zero attached hydrogens (tertiary/aromatic N) is 2. The van der Waals surface area contributed by atoms with E-state index in [1.807, 2.05) is 0 Å². The van der Waals surface area contributed by atoms with E-state index in [0.29, 0.717) is 21.3 Å². The molecule has 110 valence electrons. The van der Waals surface area contributed by atoms with Gasteiger partial charge in [0, 0.05) is 5.02 Å². The van der Waals surface area contributed by atoms with Crippen LogP contribution in [0.2, 0.25) is 5.02 Å². The predicted molar refractivity (Wildman–Crippen MR) is 77.6 cm³/mol. The quantitative estimate of drug-likeness (QED) is 0.835. The van der Waals surface area contributed by atoms with Crippen molar-refractivity contribution in [3.8, 4) is 5.75 Å². The molecule has 0 aliphatic carbocycles. The van der Waals surface area contributed by atoms with Crippen molar-refractivity contribution in [3.05, 3.63) is 39.4 Å². The standard InChI is InChI=1S/C12H11ClN4O3S/c1-6-10(21-17-14-6)12(19)16-15-11(18)8-5-7(13)3-4-9(8)20-2/h3-5H,1-2H3,(H,15,18)(H,16,19). The number of hydrazine groups is 1. The summed E-state index contributed by atoms with van der Waals surface area (Å²) in [5.41, 5.74) is 5.28. The fourth-order valence-electron chi connectivity index (χ4n) is 1.53. The number of hydrogen-bond donors (Lipinski definition) is 2. The van der Waals surface area contributed by atoms with E-state index in [1.54, 1.807) is 19.1 Å². The highest BCUT2D eigenvalue weighted by Crippen LogP contribution is 2.22. The molecule has 1 aromatic carbocycles. The molecule has 0 radical (unpaired) electrons. The first kappa shape index (κ1) is 15.2. The molecule has 1 aromatic heterocycles. The Bertz CT molecular complexity index is 689. The Balaban J connectivity index is 2.07. The molecule has 2 aromatic rings. The first-order valence-corrected chi connectivity index (χ1v) is 6.91. The molecular weight excluding hydrogens is 316 g/mol. The van der Waals surface area contributed by atoms with Gasteiger partial charge in [-0.05, 0) is 36.7 Å². The molecule has 9 heteroatoms. The Morgan fingerprint density at radius 3 is 2.62 bits per heavy atom. The Labute approximate surface area is 129 Å². The summed E-state index contributed by atoms with van der Waals surface area (Å²) in [4.78, 5) is 24.2. The average molecular weight is 327 g/mol. The molecule has 0 unspecified atom stereocenters. The Morgan fingerprint density at radius 1 is 1.29 bits per heavy atom. The van der Waals surface area contributed by atoms with Gasteiger partial charge in [-0.1, -0.05) is 16.1 Å². The maximum atomic E-state index is 12.0. The van der Waals surface area contributed by atoms with Gasteiger partial charge in [-0.2, -0.15) is 0 Å². The number of carbonyl (C=O) groups excluding carboxylic acids is 2. The van der Waals surface area contributed by atoms with Gasteiger partial charge in [0.2, 0.25) is 0 Å². The number of nitrogens with one attached hydrogen (secondary N) is 2. The lowest BCUT2D eigenvalue weighted by Gasteiger charge is -2.10. The topological polar surface area (TPSA) is 93.2 Å². The minimum atomic E-state index is -0.544. The van der Waals surface area contributed by atoms with Crippen molar-refractivity contribution < 1.29 is 14.3 Å². The number of benzene rings is 1. The molecule has 21 heavy (non-hydrogen) atoms. The molecule has 0 fully saturated rings. The molecule has 2 rings (SSSR count). The summed E-state index contributed by atoms with van der Waals surface area (Å²) in [6, 6.07) is 4.61. The molecule has 0 aliphatic heterocycles. The monoisotopic (exact) mass is 326 g/mol. The lowest BCUT2D eigenvalue weighted by Crippen LogP contribution is -2.41. The minimum Gasteiger partial charge on any atom is -0.496 e. The predicted octanol–water partition coefficient (Wildman–Crippen LogP) is 1.58. The van der Waals surface area contributed by atoms with E-state index in [4.69, 9.17) is 16.3 Å². The molecule has 7 nitrogen and oxygen atoms in total. The van der Waals surface area contributed by atoms with Crippen LogP contribution in [0.5, 0.6) is 5.75 Å². The molecule has 2 amide bonds. The van der Waals surface area contributed by atoms with Crippen molar-refractivity contribution in [3.63, 3.8) is 0 Å². The average Bonchev–Trinajstić information content (AvgIpc) is 2.90. The highest BCUT2D eigenvalue weighted by molar-refractivity contribution is 7.07. The molecule has 0 atom stereocenters. The summed E-state index contributed by atoms with van der Waals surface area (Å²) in [6.45, 7) is 1.65. The Hall–Kier alpha value is -2.19. The summed E-state index contributed by atoms with van der Waals surface area (Å²) in [7, 11) is 1.44. The Kier molecular flexibility index (Phi) is 4.71. The van der Waals surface area contributed by atoms with Crippen LogP contribution in [0.4, 0.5) is 0 Å². The minimum absolute atomic E-state index is 0.212. The largest absolute Gasteiger partial charge is 0.496 e. The first-order valence-electron chi connectivity index (χ1n) is 5.76. The van der Waals surface area contributed by atoms with Gasteiger partial charge >= 0.3 is 0 Å². The highest BCUT2D eigenvalue weighted by Gasteiger charge is 2.16. The molecule has 1 heterocycles. The van der Waals surface area contributed by atoms with Crippen LogP contribution in [-0.2, 0) is 0 Å². The summed E-state index contributed by atoms with van der Waals surface area (Å²) in [5, 5.41) is 4.10. The molecule has 0 saturated carbocycles. The van der Waals surface area contributed by atoms with E-state index >= 15 is 0 Å². The number of halogens is 1. The van der Waals surface area contributed by atoms with E-state index in [2.05, 4.69) is 20.4 Å². The fourth-order valence-corrected chi connectivity index (χ4v) is 2.26. The van der Waals surface area contributed by atoms with Crippen LogP contribution in [0.1, 0.15) is 25.7 Å². The second kappa shape index (κ2) is 6.51. The number of aromatic nitrogens is 2. The van der Waals surface area contributed by atoms with Gasteiger partial charge in [0.05, 0.1) is 18.4 Å². The van der Waals surface area contributed by atoms with Gasteiger partial charge in [0.1, 0.15) is 10.6 Å². The van der Waals surface area contributed by atoms with Crippen molar-refractivity contribution in [1.29, 1.82) is 0 Å². The maximum Gasteiger partial charge on any atom is 0.283 e. The van der Waals surface area contributed by atoms with Crippen LogP contribution >= 0.6 is 23.1 Å². The third-order valence-electron chi connectivity index (χ3n) is 2.55. The smallest absolute Gasteiger partial charge is 0.283 e. The van der Waals surface area contributed by atoms with Crippen LogP contribution in [-0.4, -0.2) is 28.5 Å². The zero-order valence-electron chi connectivity index (χ0n) is 11.1. The van der Waals surface area contributed by atoms with Crippen molar-refractivity contribution in [1.82, 2.24) is 20.4 Å². The van der Waals surface area contributed by atoms with Gasteiger partial charge in [-0.25, -0.2) is 0 Å². The third kappa shape index (κ3) is 3.47. The van der Waals surface area contributed by atoms with Gasteiger partial charge in [-0.15, -0.1) is 5.10 Å². The number of aryl methyl sites for hydroxylation is 1. The molecular formula is C12H11ClN4O3S. The molecule has 0 aliphatic rings. The van der Waals surface area contributed by atoms with Gasteiger partial charge in [0.25, 0.3) is 11.8 Å². The van der Waals surface area contributed by atoms with Crippen molar-refractivity contribution in [2.45, 2.75) is 6.92 Å².